The topological polar surface area (TPSA) is 86.7 Å². The molecule has 0 saturated heterocycles. The van der Waals surface area contributed by atoms with Gasteiger partial charge in [-0.1, -0.05) is 84.6 Å². The summed E-state index contributed by atoms with van der Waals surface area (Å²) < 4.78 is 22.2. The Morgan fingerprint density at radius 3 is 1.53 bits per heavy atom. The fourth-order valence-corrected chi connectivity index (χ4v) is 4.31. The molecule has 0 amide bonds. The third-order valence-electron chi connectivity index (χ3n) is 4.86. The maximum atomic E-state index is 12.2. The second-order valence-electron chi connectivity index (χ2n) is 7.19. The van der Waals surface area contributed by atoms with E-state index in [4.69, 9.17) is 9.47 Å². The number of methoxy groups -OCH3 is 2. The van der Waals surface area contributed by atoms with Crippen LogP contribution in [0, 0.1) is 0 Å². The molecule has 0 saturated carbocycles. The van der Waals surface area contributed by atoms with Crippen LogP contribution < -0.4 is 9.47 Å². The van der Waals surface area contributed by atoms with Gasteiger partial charge in [0.1, 0.15) is 11.5 Å². The van der Waals surface area contributed by atoms with Crippen molar-refractivity contribution in [2.45, 2.75) is 19.8 Å². The molecule has 0 aliphatic heterocycles. The van der Waals surface area contributed by atoms with Gasteiger partial charge in [-0.3, -0.25) is 9.59 Å². The zero-order valence-corrected chi connectivity index (χ0v) is 20.4. The van der Waals surface area contributed by atoms with Gasteiger partial charge in [0.25, 0.3) is 0 Å². The lowest BCUT2D eigenvalue weighted by molar-refractivity contribution is 0.0817. The van der Waals surface area contributed by atoms with E-state index >= 15 is 0 Å². The van der Waals surface area contributed by atoms with E-state index in [0.29, 0.717) is 28.8 Å². The molecule has 0 fully saturated rings. The molecular formula is C27H28O6P+. The van der Waals surface area contributed by atoms with E-state index in [0.717, 1.165) is 12.8 Å². The number of unbranched alkanes of at least 4 members (excludes halogenated alkanes) is 1. The summed E-state index contributed by atoms with van der Waals surface area (Å²) in [7, 11) is 1.04. The summed E-state index contributed by atoms with van der Waals surface area (Å²) in [6, 6.07) is 22.2. The Labute approximate surface area is 200 Å². The number of carbonyl (C=O) groups is 3. The number of benzene rings is 3. The van der Waals surface area contributed by atoms with E-state index in [1.807, 2.05) is 19.1 Å². The van der Waals surface area contributed by atoms with Crippen LogP contribution >= 0.6 is 7.80 Å². The normalized spacial score (nSPS) is 10.4. The largest absolute Gasteiger partial charge is 0.496 e. The van der Waals surface area contributed by atoms with Gasteiger partial charge in [0.15, 0.2) is 11.7 Å². The van der Waals surface area contributed by atoms with Crippen molar-refractivity contribution in [3.63, 3.8) is 0 Å². The number of ketones is 2. The predicted octanol–water partition coefficient (Wildman–Crippen LogP) is 6.22. The average molecular weight is 479 g/mol. The van der Waals surface area contributed by atoms with Crippen LogP contribution in [0.15, 0.2) is 78.9 Å². The SMILES string of the molecule is CCCC[P+](=O)C(=O)c1c(OC)cccc1OC.O=C(C(=O)c1ccccc1)c1ccccc1. The van der Waals surface area contributed by atoms with Crippen molar-refractivity contribution in [1.82, 2.24) is 0 Å². The first-order valence-corrected chi connectivity index (χ1v) is 12.3. The molecule has 3 aromatic carbocycles. The highest BCUT2D eigenvalue weighted by atomic mass is 31.1. The molecule has 3 rings (SSSR count). The molecule has 0 radical (unpaired) electrons. The molecule has 1 atom stereocenters. The fraction of sp³-hybridized carbons (Fsp3) is 0.222. The maximum absolute atomic E-state index is 12.2. The zero-order valence-electron chi connectivity index (χ0n) is 19.5. The molecule has 0 heterocycles. The van der Waals surface area contributed by atoms with Crippen LogP contribution in [0.3, 0.4) is 0 Å². The van der Waals surface area contributed by atoms with Crippen LogP contribution in [-0.4, -0.2) is 37.5 Å². The van der Waals surface area contributed by atoms with Crippen LogP contribution in [0.25, 0.3) is 0 Å². The zero-order chi connectivity index (χ0) is 24.9. The number of carbonyl (C=O) groups excluding carboxylic acids is 3. The number of hydrogen-bond donors (Lipinski definition) is 0. The van der Waals surface area contributed by atoms with Gasteiger partial charge < -0.3 is 9.47 Å². The van der Waals surface area contributed by atoms with Crippen molar-refractivity contribution >= 4 is 24.9 Å². The predicted molar refractivity (Wildman–Crippen MR) is 133 cm³/mol. The second-order valence-corrected chi connectivity index (χ2v) is 8.80. The average Bonchev–Trinajstić information content (AvgIpc) is 2.91. The first kappa shape index (κ1) is 26.6. The van der Waals surface area contributed by atoms with E-state index < -0.39 is 24.9 Å². The third-order valence-corrected chi connectivity index (χ3v) is 6.26. The van der Waals surface area contributed by atoms with Crippen molar-refractivity contribution in [3.8, 4) is 11.5 Å². The molecule has 0 aromatic heterocycles. The van der Waals surface area contributed by atoms with Crippen LogP contribution in [0.5, 0.6) is 11.5 Å². The Balaban J connectivity index is 0.000000241. The lowest BCUT2D eigenvalue weighted by Gasteiger charge is -2.07. The van der Waals surface area contributed by atoms with Crippen molar-refractivity contribution in [2.75, 3.05) is 20.4 Å². The van der Waals surface area contributed by atoms with Crippen molar-refractivity contribution in [2.24, 2.45) is 0 Å². The highest BCUT2D eigenvalue weighted by Crippen LogP contribution is 2.37. The molecule has 0 bridgehead atoms. The molecule has 6 nitrogen and oxygen atoms in total. The summed E-state index contributed by atoms with van der Waals surface area (Å²) in [4.78, 5) is 35.8. The molecule has 0 N–H and O–H groups in total. The second kappa shape index (κ2) is 13.8. The van der Waals surface area contributed by atoms with E-state index in [-0.39, 0.29) is 5.56 Å². The Bertz CT molecular complexity index is 1050. The standard InChI is InChI=1S/C14H10O2.C13H18O4P/c15-13(11-7-3-1-4-8-11)14(16)12-9-5-2-6-10-12;1-4-5-9-18(15)13(14)12-10(16-2)7-6-8-11(12)17-3/h1-10H;6-8H,4-5,9H2,1-3H3/q;+1. The summed E-state index contributed by atoms with van der Waals surface area (Å²) >= 11 is 0. The summed E-state index contributed by atoms with van der Waals surface area (Å²) in [6.45, 7) is 2.00. The lowest BCUT2D eigenvalue weighted by Crippen LogP contribution is -2.14. The van der Waals surface area contributed by atoms with Crippen LogP contribution in [-0.2, 0) is 4.57 Å². The molecule has 7 heteroatoms. The van der Waals surface area contributed by atoms with Gasteiger partial charge in [-0.15, -0.1) is 0 Å². The maximum Gasteiger partial charge on any atom is 0.420 e. The van der Waals surface area contributed by atoms with Gasteiger partial charge >= 0.3 is 13.3 Å². The first-order valence-electron chi connectivity index (χ1n) is 10.8. The van der Waals surface area contributed by atoms with Crippen LogP contribution in [0.4, 0.5) is 0 Å². The fourth-order valence-electron chi connectivity index (χ4n) is 3.03. The Morgan fingerprint density at radius 2 is 1.15 bits per heavy atom. The van der Waals surface area contributed by atoms with E-state index in [1.165, 1.54) is 14.2 Å². The molecule has 0 aliphatic rings. The molecule has 34 heavy (non-hydrogen) atoms. The highest BCUT2D eigenvalue weighted by Gasteiger charge is 2.34. The monoisotopic (exact) mass is 479 g/mol. The van der Waals surface area contributed by atoms with Gasteiger partial charge in [0.2, 0.25) is 11.6 Å². The number of hydrogen-bond acceptors (Lipinski definition) is 6. The summed E-state index contributed by atoms with van der Waals surface area (Å²) in [5.74, 6) is -0.128. The third kappa shape index (κ3) is 7.19. The Kier molecular flexibility index (Phi) is 10.8. The van der Waals surface area contributed by atoms with E-state index in [1.54, 1.807) is 66.7 Å². The number of ether oxygens (including phenoxy) is 2. The number of rotatable bonds is 10. The first-order chi connectivity index (χ1) is 16.4. The van der Waals surface area contributed by atoms with Crippen molar-refractivity contribution < 1.29 is 28.4 Å². The van der Waals surface area contributed by atoms with Gasteiger partial charge in [0.05, 0.1) is 14.2 Å². The van der Waals surface area contributed by atoms with Gasteiger partial charge in [0, 0.05) is 11.1 Å². The van der Waals surface area contributed by atoms with Crippen molar-refractivity contribution in [3.05, 3.63) is 95.6 Å². The van der Waals surface area contributed by atoms with Gasteiger partial charge in [-0.2, -0.15) is 0 Å². The van der Waals surface area contributed by atoms with Crippen molar-refractivity contribution in [1.29, 1.82) is 0 Å². The summed E-state index contributed by atoms with van der Waals surface area (Å²) in [5.41, 5.74) is 0.736. The minimum absolute atomic E-state index is 0.278. The van der Waals surface area contributed by atoms with Crippen LogP contribution in [0.1, 0.15) is 50.8 Å². The molecular weight excluding hydrogens is 451 g/mol. The van der Waals surface area contributed by atoms with E-state index in [2.05, 4.69) is 0 Å². The Morgan fingerprint density at radius 1 is 0.706 bits per heavy atom. The van der Waals surface area contributed by atoms with Gasteiger partial charge in [-0.25, -0.2) is 4.79 Å². The summed E-state index contributed by atoms with van der Waals surface area (Å²) in [6.07, 6.45) is 2.10. The minimum Gasteiger partial charge on any atom is -0.496 e. The minimum atomic E-state index is -1.92. The quantitative estimate of drug-likeness (QED) is 0.195. The molecule has 0 aliphatic carbocycles. The summed E-state index contributed by atoms with van der Waals surface area (Å²) in [5, 5.41) is 0. The molecule has 0 spiro atoms. The number of Topliss-reactive ketones (excluding diaryl/α,β-unsaturated/α-hetero) is 2. The lowest BCUT2D eigenvalue weighted by atomic mass is 10.0. The molecule has 1 unspecified atom stereocenters. The molecule has 3 aromatic rings. The Hall–Kier alpha value is -3.63. The highest BCUT2D eigenvalue weighted by molar-refractivity contribution is 7.64. The van der Waals surface area contributed by atoms with Gasteiger partial charge in [-0.05, 0) is 18.6 Å². The van der Waals surface area contributed by atoms with Crippen LogP contribution in [0.2, 0.25) is 0 Å². The smallest absolute Gasteiger partial charge is 0.420 e. The van der Waals surface area contributed by atoms with E-state index in [9.17, 15) is 18.9 Å². The molecule has 176 valence electrons.